The maximum Gasteiger partial charge on any atom is 0.408 e. The Kier molecular flexibility index (Phi) is 4.20. The number of carbonyl (C=O) groups excluding carboxylic acids is 1. The molecule has 0 aromatic rings. The predicted octanol–water partition coefficient (Wildman–Crippen LogP) is 3.34. The number of nitrogens with one attached hydrogen (secondary N) is 1. The van der Waals surface area contributed by atoms with E-state index in [0.717, 1.165) is 23.7 Å². The molecular weight excluding hydrogens is 258 g/mol. The Morgan fingerprint density at radius 2 is 2.27 bits per heavy atom. The maximum atomic E-state index is 11.5. The van der Waals surface area contributed by atoms with Gasteiger partial charge in [-0.25, -0.2) is 4.79 Å². The molecule has 1 rings (SSSR count). The van der Waals surface area contributed by atoms with E-state index in [1.165, 1.54) is 0 Å². The van der Waals surface area contributed by atoms with Crippen LogP contribution < -0.4 is 5.32 Å². The van der Waals surface area contributed by atoms with E-state index in [0.29, 0.717) is 0 Å². The zero-order valence-corrected chi connectivity index (χ0v) is 11.1. The summed E-state index contributed by atoms with van der Waals surface area (Å²) in [7, 11) is 0. The highest BCUT2D eigenvalue weighted by molar-refractivity contribution is 9.11. The van der Waals surface area contributed by atoms with Gasteiger partial charge in [-0.3, -0.25) is 0 Å². The van der Waals surface area contributed by atoms with E-state index < -0.39 is 5.60 Å². The third-order valence-corrected chi connectivity index (χ3v) is 2.94. The van der Waals surface area contributed by atoms with Gasteiger partial charge in [0.15, 0.2) is 0 Å². The lowest BCUT2D eigenvalue weighted by Gasteiger charge is -2.25. The van der Waals surface area contributed by atoms with E-state index in [1.54, 1.807) is 0 Å². The Bertz CT molecular complexity index is 268. The molecule has 0 fully saturated rings. The topological polar surface area (TPSA) is 38.3 Å². The summed E-state index contributed by atoms with van der Waals surface area (Å²) in [5.41, 5.74) is -0.436. The fraction of sp³-hybridized carbons (Fsp3) is 0.727. The number of rotatable bonds is 1. The molecule has 86 valence electrons. The summed E-state index contributed by atoms with van der Waals surface area (Å²) >= 11 is 3.45. The molecule has 0 aliphatic heterocycles. The third kappa shape index (κ3) is 4.69. The molecule has 1 N–H and O–H groups in total. The molecule has 0 heterocycles. The molecule has 0 spiro atoms. The smallest absolute Gasteiger partial charge is 0.408 e. The predicted molar refractivity (Wildman–Crippen MR) is 64.0 cm³/mol. The van der Waals surface area contributed by atoms with Crippen molar-refractivity contribution in [3.05, 3.63) is 10.6 Å². The van der Waals surface area contributed by atoms with Crippen LogP contribution in [-0.2, 0) is 4.74 Å². The van der Waals surface area contributed by atoms with Crippen LogP contribution in [0.15, 0.2) is 10.6 Å². The summed E-state index contributed by atoms with van der Waals surface area (Å²) in [6.45, 7) is 5.58. The minimum Gasteiger partial charge on any atom is -0.444 e. The average Bonchev–Trinajstić information content (AvgIpc) is 2.05. The number of alkyl carbamates (subject to hydrolysis) is 1. The number of hydrogen-bond acceptors (Lipinski definition) is 2. The number of amides is 1. The van der Waals surface area contributed by atoms with Crippen LogP contribution in [0, 0.1) is 0 Å². The van der Waals surface area contributed by atoms with Crippen LogP contribution >= 0.6 is 15.9 Å². The highest BCUT2D eigenvalue weighted by Crippen LogP contribution is 2.23. The highest BCUT2D eigenvalue weighted by atomic mass is 79.9. The molecule has 15 heavy (non-hydrogen) atoms. The SMILES string of the molecule is CC(C)(C)OC(=O)NC1CCCC=C1Br. The van der Waals surface area contributed by atoms with E-state index in [4.69, 9.17) is 4.74 Å². The average molecular weight is 276 g/mol. The van der Waals surface area contributed by atoms with Crippen LogP contribution in [0.5, 0.6) is 0 Å². The van der Waals surface area contributed by atoms with Gasteiger partial charge in [-0.05, 0) is 40.0 Å². The van der Waals surface area contributed by atoms with Gasteiger partial charge in [-0.2, -0.15) is 0 Å². The van der Waals surface area contributed by atoms with Crippen LogP contribution in [0.1, 0.15) is 40.0 Å². The van der Waals surface area contributed by atoms with Gasteiger partial charge in [-0.1, -0.05) is 22.0 Å². The van der Waals surface area contributed by atoms with Gasteiger partial charge in [0.2, 0.25) is 0 Å². The first-order chi connectivity index (χ1) is 6.88. The van der Waals surface area contributed by atoms with Crippen LogP contribution in [0.2, 0.25) is 0 Å². The van der Waals surface area contributed by atoms with E-state index >= 15 is 0 Å². The molecule has 0 aromatic heterocycles. The van der Waals surface area contributed by atoms with Crippen molar-refractivity contribution in [1.82, 2.24) is 5.32 Å². The Labute approximate surface area is 99.4 Å². The number of carbonyl (C=O) groups is 1. The van der Waals surface area contributed by atoms with E-state index in [-0.39, 0.29) is 12.1 Å². The largest absolute Gasteiger partial charge is 0.444 e. The Hall–Kier alpha value is -0.510. The summed E-state index contributed by atoms with van der Waals surface area (Å²) in [6.07, 6.45) is 4.91. The van der Waals surface area contributed by atoms with Crippen molar-refractivity contribution in [2.24, 2.45) is 0 Å². The van der Waals surface area contributed by atoms with Crippen molar-refractivity contribution < 1.29 is 9.53 Å². The lowest BCUT2D eigenvalue weighted by molar-refractivity contribution is 0.0510. The van der Waals surface area contributed by atoms with Crippen molar-refractivity contribution in [3.63, 3.8) is 0 Å². The molecule has 1 amide bonds. The first-order valence-corrected chi connectivity index (χ1v) is 6.03. The van der Waals surface area contributed by atoms with Crippen molar-refractivity contribution >= 4 is 22.0 Å². The zero-order chi connectivity index (χ0) is 11.5. The second kappa shape index (κ2) is 5.01. The summed E-state index contributed by atoms with van der Waals surface area (Å²) < 4.78 is 6.25. The monoisotopic (exact) mass is 275 g/mol. The summed E-state index contributed by atoms with van der Waals surface area (Å²) in [5, 5.41) is 2.85. The molecule has 0 aromatic carbocycles. The summed E-state index contributed by atoms with van der Waals surface area (Å²) in [5.74, 6) is 0. The van der Waals surface area contributed by atoms with Gasteiger partial charge in [0.25, 0.3) is 0 Å². The molecule has 4 heteroatoms. The van der Waals surface area contributed by atoms with Crippen LogP contribution in [0.4, 0.5) is 4.79 Å². The summed E-state index contributed by atoms with van der Waals surface area (Å²) in [4.78, 5) is 11.5. The molecule has 1 aliphatic carbocycles. The maximum absolute atomic E-state index is 11.5. The lowest BCUT2D eigenvalue weighted by Crippen LogP contribution is -2.39. The standard InChI is InChI=1S/C11H18BrNO2/c1-11(2,3)15-10(14)13-9-7-5-4-6-8(9)12/h6,9H,4-5,7H2,1-3H3,(H,13,14). The molecule has 0 saturated carbocycles. The Morgan fingerprint density at radius 1 is 1.60 bits per heavy atom. The van der Waals surface area contributed by atoms with Crippen molar-refractivity contribution in [3.8, 4) is 0 Å². The Balaban J connectivity index is 2.44. The van der Waals surface area contributed by atoms with Gasteiger partial charge in [-0.15, -0.1) is 0 Å². The van der Waals surface area contributed by atoms with Gasteiger partial charge in [0.1, 0.15) is 5.60 Å². The van der Waals surface area contributed by atoms with Crippen LogP contribution in [-0.4, -0.2) is 17.7 Å². The van der Waals surface area contributed by atoms with Gasteiger partial charge in [0, 0.05) is 4.48 Å². The van der Waals surface area contributed by atoms with Crippen LogP contribution in [0.3, 0.4) is 0 Å². The van der Waals surface area contributed by atoms with Crippen molar-refractivity contribution in [1.29, 1.82) is 0 Å². The van der Waals surface area contributed by atoms with Gasteiger partial charge in [0.05, 0.1) is 6.04 Å². The van der Waals surface area contributed by atoms with Gasteiger partial charge < -0.3 is 10.1 Å². The number of hydrogen-bond donors (Lipinski definition) is 1. The number of halogens is 1. The first kappa shape index (κ1) is 12.6. The van der Waals surface area contributed by atoms with E-state index in [1.807, 2.05) is 20.8 Å². The molecule has 0 bridgehead atoms. The quantitative estimate of drug-likeness (QED) is 0.797. The van der Waals surface area contributed by atoms with Crippen molar-refractivity contribution in [2.45, 2.75) is 51.7 Å². The molecule has 1 atom stereocenters. The van der Waals surface area contributed by atoms with E-state index in [2.05, 4.69) is 27.3 Å². The van der Waals surface area contributed by atoms with Crippen LogP contribution in [0.25, 0.3) is 0 Å². The minimum absolute atomic E-state index is 0.0774. The second-order valence-electron chi connectivity index (χ2n) is 4.72. The summed E-state index contributed by atoms with van der Waals surface area (Å²) in [6, 6.07) is 0.0774. The second-order valence-corrected chi connectivity index (χ2v) is 5.63. The molecule has 0 radical (unpaired) electrons. The molecule has 1 aliphatic rings. The lowest BCUT2D eigenvalue weighted by atomic mass is 10.0. The number of ether oxygens (including phenoxy) is 1. The van der Waals surface area contributed by atoms with Crippen molar-refractivity contribution in [2.75, 3.05) is 0 Å². The normalized spacial score (nSPS) is 21.9. The molecule has 1 unspecified atom stereocenters. The molecule has 3 nitrogen and oxygen atoms in total. The fourth-order valence-corrected chi connectivity index (χ4v) is 2.01. The third-order valence-electron chi connectivity index (χ3n) is 2.06. The molecule has 0 saturated heterocycles. The Morgan fingerprint density at radius 3 is 2.80 bits per heavy atom. The first-order valence-electron chi connectivity index (χ1n) is 5.23. The zero-order valence-electron chi connectivity index (χ0n) is 9.47. The fourth-order valence-electron chi connectivity index (χ4n) is 1.43. The van der Waals surface area contributed by atoms with E-state index in [9.17, 15) is 4.79 Å². The molecular formula is C11H18BrNO2. The minimum atomic E-state index is -0.436. The number of allylic oxidation sites excluding steroid dienone is 1. The highest BCUT2D eigenvalue weighted by Gasteiger charge is 2.21. The van der Waals surface area contributed by atoms with Gasteiger partial charge >= 0.3 is 6.09 Å².